The van der Waals surface area contributed by atoms with Crippen LogP contribution in [0.5, 0.6) is 11.5 Å². The van der Waals surface area contributed by atoms with Gasteiger partial charge in [0.15, 0.2) is 28.1 Å². The van der Waals surface area contributed by atoms with E-state index in [4.69, 9.17) is 9.47 Å². The van der Waals surface area contributed by atoms with Gasteiger partial charge in [-0.05, 0) is 40.2 Å². The van der Waals surface area contributed by atoms with Crippen LogP contribution in [0.3, 0.4) is 0 Å². The number of benzene rings is 1. The third-order valence-electron chi connectivity index (χ3n) is 3.33. The SMILES string of the molecule is COc1ccc(C(=O)CSc2nc3ncc(Br)cc3[nH]2)cc1OC. The van der Waals surface area contributed by atoms with E-state index >= 15 is 0 Å². The summed E-state index contributed by atoms with van der Waals surface area (Å²) in [4.78, 5) is 24.1. The van der Waals surface area contributed by atoms with Gasteiger partial charge in [0.05, 0.1) is 25.5 Å². The molecule has 0 aliphatic carbocycles. The molecule has 2 aromatic heterocycles. The Morgan fingerprint density at radius 3 is 2.79 bits per heavy atom. The van der Waals surface area contributed by atoms with Gasteiger partial charge < -0.3 is 14.5 Å². The molecule has 1 N–H and O–H groups in total. The lowest BCUT2D eigenvalue weighted by atomic mass is 10.1. The number of nitrogens with zero attached hydrogens (tertiary/aromatic N) is 2. The number of hydrogen-bond acceptors (Lipinski definition) is 6. The molecular formula is C16H14BrN3O3S. The van der Waals surface area contributed by atoms with Crippen LogP contribution in [0.4, 0.5) is 0 Å². The van der Waals surface area contributed by atoms with Gasteiger partial charge in [-0.25, -0.2) is 9.97 Å². The fourth-order valence-electron chi connectivity index (χ4n) is 2.15. The highest BCUT2D eigenvalue weighted by Crippen LogP contribution is 2.28. The number of aromatic nitrogens is 3. The highest BCUT2D eigenvalue weighted by molar-refractivity contribution is 9.10. The van der Waals surface area contributed by atoms with Crippen molar-refractivity contribution < 1.29 is 14.3 Å². The Bertz CT molecular complexity index is 897. The van der Waals surface area contributed by atoms with Gasteiger partial charge in [0.2, 0.25) is 0 Å². The fourth-order valence-corrected chi connectivity index (χ4v) is 3.25. The zero-order valence-corrected chi connectivity index (χ0v) is 15.4. The molecule has 0 aliphatic rings. The van der Waals surface area contributed by atoms with Crippen molar-refractivity contribution in [2.24, 2.45) is 0 Å². The normalized spacial score (nSPS) is 10.8. The van der Waals surface area contributed by atoms with E-state index in [1.807, 2.05) is 6.07 Å². The Morgan fingerprint density at radius 2 is 2.04 bits per heavy atom. The third kappa shape index (κ3) is 3.54. The van der Waals surface area contributed by atoms with E-state index in [-0.39, 0.29) is 11.5 Å². The Kier molecular flexibility index (Phi) is 5.06. The molecule has 0 bridgehead atoms. The first-order chi connectivity index (χ1) is 11.6. The zero-order chi connectivity index (χ0) is 17.1. The summed E-state index contributed by atoms with van der Waals surface area (Å²) in [6.45, 7) is 0. The molecule has 0 unspecified atom stereocenters. The van der Waals surface area contributed by atoms with E-state index in [1.165, 1.54) is 11.8 Å². The van der Waals surface area contributed by atoms with E-state index in [0.717, 1.165) is 9.99 Å². The van der Waals surface area contributed by atoms with Crippen LogP contribution in [0.15, 0.2) is 40.1 Å². The van der Waals surface area contributed by atoms with Crippen LogP contribution in [0.2, 0.25) is 0 Å². The molecule has 0 aliphatic heterocycles. The number of ketones is 1. The average molecular weight is 408 g/mol. The van der Waals surface area contributed by atoms with Crippen LogP contribution in [-0.4, -0.2) is 40.7 Å². The van der Waals surface area contributed by atoms with Crippen molar-refractivity contribution in [1.29, 1.82) is 0 Å². The van der Waals surface area contributed by atoms with E-state index in [9.17, 15) is 4.79 Å². The van der Waals surface area contributed by atoms with Gasteiger partial charge in [-0.2, -0.15) is 0 Å². The summed E-state index contributed by atoms with van der Waals surface area (Å²) in [6.07, 6.45) is 1.69. The molecule has 0 amide bonds. The molecule has 0 spiro atoms. The van der Waals surface area contributed by atoms with Gasteiger partial charge in [0.25, 0.3) is 0 Å². The van der Waals surface area contributed by atoms with Crippen LogP contribution in [0.1, 0.15) is 10.4 Å². The smallest absolute Gasteiger partial charge is 0.178 e. The van der Waals surface area contributed by atoms with Crippen LogP contribution >= 0.6 is 27.7 Å². The molecular weight excluding hydrogens is 394 g/mol. The van der Waals surface area contributed by atoms with Crippen molar-refractivity contribution in [3.05, 3.63) is 40.5 Å². The molecule has 2 heterocycles. The first-order valence-electron chi connectivity index (χ1n) is 7.00. The van der Waals surface area contributed by atoms with Crippen LogP contribution in [0.25, 0.3) is 11.2 Å². The van der Waals surface area contributed by atoms with Crippen molar-refractivity contribution >= 4 is 44.6 Å². The number of pyridine rings is 1. The minimum Gasteiger partial charge on any atom is -0.493 e. The lowest BCUT2D eigenvalue weighted by Gasteiger charge is -2.08. The quantitative estimate of drug-likeness (QED) is 0.495. The second-order valence-electron chi connectivity index (χ2n) is 4.85. The first-order valence-corrected chi connectivity index (χ1v) is 8.78. The average Bonchev–Trinajstić information content (AvgIpc) is 3.00. The number of aromatic amines is 1. The predicted octanol–water partition coefficient (Wildman–Crippen LogP) is 3.71. The molecule has 0 radical (unpaired) electrons. The van der Waals surface area contributed by atoms with Crippen molar-refractivity contribution in [3.63, 3.8) is 0 Å². The van der Waals surface area contributed by atoms with Crippen molar-refractivity contribution in [2.75, 3.05) is 20.0 Å². The number of rotatable bonds is 6. The van der Waals surface area contributed by atoms with Gasteiger partial charge in [-0.3, -0.25) is 4.79 Å². The molecule has 0 saturated heterocycles. The molecule has 124 valence electrons. The number of thioether (sulfide) groups is 1. The molecule has 1 aromatic carbocycles. The fraction of sp³-hybridized carbons (Fsp3) is 0.188. The van der Waals surface area contributed by atoms with Crippen molar-refractivity contribution in [1.82, 2.24) is 15.0 Å². The summed E-state index contributed by atoms with van der Waals surface area (Å²) >= 11 is 4.70. The Morgan fingerprint density at radius 1 is 1.25 bits per heavy atom. The lowest BCUT2D eigenvalue weighted by molar-refractivity contribution is 0.102. The maximum absolute atomic E-state index is 12.4. The molecule has 24 heavy (non-hydrogen) atoms. The molecule has 8 heteroatoms. The number of methoxy groups -OCH3 is 2. The predicted molar refractivity (Wildman–Crippen MR) is 96.2 cm³/mol. The number of imidazole rings is 1. The van der Waals surface area contributed by atoms with Gasteiger partial charge in [-0.1, -0.05) is 11.8 Å². The Hall–Kier alpha value is -2.06. The summed E-state index contributed by atoms with van der Waals surface area (Å²) in [5.74, 6) is 1.37. The van der Waals surface area contributed by atoms with E-state index in [1.54, 1.807) is 38.6 Å². The molecule has 6 nitrogen and oxygen atoms in total. The van der Waals surface area contributed by atoms with E-state index in [0.29, 0.717) is 27.9 Å². The van der Waals surface area contributed by atoms with Gasteiger partial charge in [-0.15, -0.1) is 0 Å². The summed E-state index contributed by atoms with van der Waals surface area (Å²) < 4.78 is 11.3. The molecule has 3 rings (SSSR count). The van der Waals surface area contributed by atoms with Crippen LogP contribution in [0, 0.1) is 0 Å². The number of nitrogens with one attached hydrogen (secondary N) is 1. The molecule has 0 atom stereocenters. The highest BCUT2D eigenvalue weighted by Gasteiger charge is 2.13. The minimum atomic E-state index is -0.0180. The van der Waals surface area contributed by atoms with Crippen LogP contribution < -0.4 is 9.47 Å². The van der Waals surface area contributed by atoms with Crippen LogP contribution in [-0.2, 0) is 0 Å². The lowest BCUT2D eigenvalue weighted by Crippen LogP contribution is -2.03. The number of ether oxygens (including phenoxy) is 2. The maximum Gasteiger partial charge on any atom is 0.178 e. The highest BCUT2D eigenvalue weighted by atomic mass is 79.9. The largest absolute Gasteiger partial charge is 0.493 e. The monoisotopic (exact) mass is 407 g/mol. The van der Waals surface area contributed by atoms with E-state index in [2.05, 4.69) is 30.9 Å². The first kappa shape index (κ1) is 16.8. The summed E-state index contributed by atoms with van der Waals surface area (Å²) in [7, 11) is 3.10. The topological polar surface area (TPSA) is 77.1 Å². The number of Topliss-reactive ketones (excluding diaryl/α,β-unsaturated/α-hetero) is 1. The summed E-state index contributed by atoms with van der Waals surface area (Å²) in [5.41, 5.74) is 2.02. The second kappa shape index (κ2) is 7.23. The third-order valence-corrected chi connectivity index (χ3v) is 4.63. The Balaban J connectivity index is 1.72. The summed E-state index contributed by atoms with van der Waals surface area (Å²) in [5, 5.41) is 0.657. The zero-order valence-electron chi connectivity index (χ0n) is 13.0. The summed E-state index contributed by atoms with van der Waals surface area (Å²) in [6, 6.07) is 7.02. The maximum atomic E-state index is 12.4. The van der Waals surface area contributed by atoms with Crippen molar-refractivity contribution in [3.8, 4) is 11.5 Å². The number of hydrogen-bond donors (Lipinski definition) is 1. The number of halogens is 1. The molecule has 0 saturated carbocycles. The van der Waals surface area contributed by atoms with E-state index < -0.39 is 0 Å². The minimum absolute atomic E-state index is 0.0180. The Labute approximate surface area is 151 Å². The number of fused-ring (bicyclic) bond motifs is 1. The second-order valence-corrected chi connectivity index (χ2v) is 6.73. The van der Waals surface area contributed by atoms with Gasteiger partial charge in [0, 0.05) is 16.2 Å². The standard InChI is InChI=1S/C16H14BrN3O3S/c1-22-13-4-3-9(5-14(13)23-2)12(21)8-24-16-19-11-6-10(17)7-18-15(11)20-16/h3-7H,8H2,1-2H3,(H,18,19,20). The number of H-pyrrole nitrogens is 1. The van der Waals surface area contributed by atoms with Gasteiger partial charge >= 0.3 is 0 Å². The molecule has 3 aromatic rings. The van der Waals surface area contributed by atoms with Gasteiger partial charge in [0.1, 0.15) is 0 Å². The number of carbonyl (C=O) groups excluding carboxylic acids is 1. The molecule has 0 fully saturated rings. The van der Waals surface area contributed by atoms with Crippen molar-refractivity contribution in [2.45, 2.75) is 5.16 Å². The number of carbonyl (C=O) groups is 1.